The Balaban J connectivity index is 2.01. The van der Waals surface area contributed by atoms with Gasteiger partial charge in [-0.05, 0) is 17.7 Å². The zero-order valence-electron chi connectivity index (χ0n) is 9.50. The monoisotopic (exact) mass is 244 g/mol. The third kappa shape index (κ3) is 3.18. The Kier molecular flexibility index (Phi) is 3.70. The van der Waals surface area contributed by atoms with Crippen LogP contribution in [0.2, 0.25) is 0 Å². The Morgan fingerprint density at radius 2 is 2.06 bits per heavy atom. The molecule has 2 aromatic rings. The molecule has 92 valence electrons. The number of carbonyl (C=O) groups is 1. The molecule has 18 heavy (non-hydrogen) atoms. The maximum absolute atomic E-state index is 10.3. The summed E-state index contributed by atoms with van der Waals surface area (Å²) >= 11 is 0. The van der Waals surface area contributed by atoms with Crippen LogP contribution < -0.4 is 10.6 Å². The van der Waals surface area contributed by atoms with Crippen LogP contribution in [0.1, 0.15) is 5.56 Å². The van der Waals surface area contributed by atoms with E-state index >= 15 is 0 Å². The van der Waals surface area contributed by atoms with Gasteiger partial charge in [-0.1, -0.05) is 12.1 Å². The minimum atomic E-state index is 0.222. The lowest BCUT2D eigenvalue weighted by Gasteiger charge is -2.06. The van der Waals surface area contributed by atoms with E-state index < -0.39 is 0 Å². The Hall–Kier alpha value is -2.63. The van der Waals surface area contributed by atoms with Gasteiger partial charge in [0.15, 0.2) is 0 Å². The third-order valence-electron chi connectivity index (χ3n) is 2.26. The molecule has 0 radical (unpaired) electrons. The number of nitrogens with zero attached hydrogens (tertiary/aromatic N) is 2. The van der Waals surface area contributed by atoms with Crippen molar-refractivity contribution < 1.29 is 9.90 Å². The number of phenolic OH excluding ortho intramolecular Hbond substituents is 1. The lowest BCUT2D eigenvalue weighted by molar-refractivity contribution is -0.105. The number of carbonyl (C=O) groups excluding carboxylic acids is 1. The highest BCUT2D eigenvalue weighted by Crippen LogP contribution is 2.13. The molecule has 0 aliphatic carbocycles. The van der Waals surface area contributed by atoms with Crippen LogP contribution in [0.15, 0.2) is 36.7 Å². The Morgan fingerprint density at radius 3 is 2.83 bits per heavy atom. The lowest BCUT2D eigenvalue weighted by Crippen LogP contribution is -2.03. The molecular weight excluding hydrogens is 232 g/mol. The van der Waals surface area contributed by atoms with Crippen LogP contribution >= 0.6 is 0 Å². The number of anilines is 2. The fourth-order valence-electron chi connectivity index (χ4n) is 1.45. The number of aromatic hydroxyl groups is 1. The van der Waals surface area contributed by atoms with Gasteiger partial charge in [0.05, 0.1) is 0 Å². The van der Waals surface area contributed by atoms with E-state index in [1.54, 1.807) is 24.3 Å². The molecule has 1 aromatic carbocycles. The molecule has 0 fully saturated rings. The van der Waals surface area contributed by atoms with Crippen LogP contribution in [0.3, 0.4) is 0 Å². The van der Waals surface area contributed by atoms with E-state index in [-0.39, 0.29) is 5.75 Å². The van der Waals surface area contributed by atoms with Gasteiger partial charge in [-0.15, -0.1) is 0 Å². The molecule has 6 heteroatoms. The Bertz CT molecular complexity index is 545. The van der Waals surface area contributed by atoms with Crippen molar-refractivity contribution in [3.63, 3.8) is 0 Å². The largest absolute Gasteiger partial charge is 0.508 e. The van der Waals surface area contributed by atoms with Crippen LogP contribution in [0.4, 0.5) is 11.6 Å². The summed E-state index contributed by atoms with van der Waals surface area (Å²) in [6.45, 7) is 0.520. The van der Waals surface area contributed by atoms with E-state index in [1.165, 1.54) is 6.33 Å². The highest BCUT2D eigenvalue weighted by atomic mass is 16.3. The first kappa shape index (κ1) is 11.8. The summed E-state index contributed by atoms with van der Waals surface area (Å²) in [7, 11) is 0. The average molecular weight is 244 g/mol. The maximum Gasteiger partial charge on any atom is 0.212 e. The predicted octanol–water partition coefficient (Wildman–Crippen LogP) is 1.36. The van der Waals surface area contributed by atoms with Crippen LogP contribution in [0.25, 0.3) is 0 Å². The number of rotatable bonds is 5. The van der Waals surface area contributed by atoms with E-state index in [9.17, 15) is 9.90 Å². The van der Waals surface area contributed by atoms with Gasteiger partial charge in [0.1, 0.15) is 23.7 Å². The van der Waals surface area contributed by atoms with Crippen LogP contribution in [0.5, 0.6) is 5.75 Å². The molecule has 3 N–H and O–H groups in total. The first-order valence-electron chi connectivity index (χ1n) is 5.32. The van der Waals surface area contributed by atoms with Gasteiger partial charge in [0.2, 0.25) is 6.41 Å². The fraction of sp³-hybridized carbons (Fsp3) is 0.0833. The summed E-state index contributed by atoms with van der Waals surface area (Å²) in [5.74, 6) is 1.25. The second-order valence-corrected chi connectivity index (χ2v) is 3.57. The molecule has 1 heterocycles. The van der Waals surface area contributed by atoms with Gasteiger partial charge in [-0.2, -0.15) is 0 Å². The molecule has 0 aliphatic rings. The van der Waals surface area contributed by atoms with Crippen LogP contribution in [-0.2, 0) is 11.3 Å². The summed E-state index contributed by atoms with van der Waals surface area (Å²) < 4.78 is 0. The van der Waals surface area contributed by atoms with Crippen molar-refractivity contribution in [3.8, 4) is 5.75 Å². The molecule has 0 unspecified atom stereocenters. The molecule has 0 saturated carbocycles. The summed E-state index contributed by atoms with van der Waals surface area (Å²) in [5.41, 5.74) is 0.929. The van der Waals surface area contributed by atoms with Gasteiger partial charge in [-0.25, -0.2) is 9.97 Å². The van der Waals surface area contributed by atoms with Gasteiger partial charge < -0.3 is 15.7 Å². The summed E-state index contributed by atoms with van der Waals surface area (Å²) in [6.07, 6.45) is 1.91. The summed E-state index contributed by atoms with van der Waals surface area (Å²) in [5, 5.41) is 14.8. The second-order valence-electron chi connectivity index (χ2n) is 3.57. The minimum Gasteiger partial charge on any atom is -0.508 e. The van der Waals surface area contributed by atoms with Crippen molar-refractivity contribution >= 4 is 18.0 Å². The van der Waals surface area contributed by atoms with E-state index in [0.29, 0.717) is 24.6 Å². The number of phenols is 1. The van der Waals surface area contributed by atoms with Crippen molar-refractivity contribution in [3.05, 3.63) is 42.2 Å². The molecular formula is C12H12N4O2. The van der Waals surface area contributed by atoms with Crippen molar-refractivity contribution in [1.29, 1.82) is 0 Å². The Morgan fingerprint density at radius 1 is 1.22 bits per heavy atom. The number of hydrogen-bond donors (Lipinski definition) is 3. The number of nitrogens with one attached hydrogen (secondary N) is 2. The lowest BCUT2D eigenvalue weighted by atomic mass is 10.2. The zero-order chi connectivity index (χ0) is 12.8. The van der Waals surface area contributed by atoms with E-state index in [4.69, 9.17) is 0 Å². The average Bonchev–Trinajstić information content (AvgIpc) is 2.37. The van der Waals surface area contributed by atoms with Crippen molar-refractivity contribution in [2.45, 2.75) is 6.54 Å². The van der Waals surface area contributed by atoms with Crippen molar-refractivity contribution in [1.82, 2.24) is 9.97 Å². The summed E-state index contributed by atoms with van der Waals surface area (Å²) in [4.78, 5) is 18.2. The number of amides is 1. The molecule has 0 bridgehead atoms. The van der Waals surface area contributed by atoms with E-state index in [1.807, 2.05) is 6.07 Å². The molecule has 0 atom stereocenters. The van der Waals surface area contributed by atoms with Gasteiger partial charge >= 0.3 is 0 Å². The highest BCUT2D eigenvalue weighted by Gasteiger charge is 1.99. The van der Waals surface area contributed by atoms with Crippen LogP contribution in [0, 0.1) is 0 Å². The standard InChI is InChI=1S/C12H12N4O2/c17-8-16-12-5-11(14-7-15-12)13-6-9-2-1-3-10(18)4-9/h1-5,7-8,18H,6H2,(H2,13,14,15,16,17). The molecule has 0 saturated heterocycles. The van der Waals surface area contributed by atoms with Gasteiger partial charge in [0.25, 0.3) is 0 Å². The third-order valence-corrected chi connectivity index (χ3v) is 2.26. The first-order valence-corrected chi connectivity index (χ1v) is 5.32. The van der Waals surface area contributed by atoms with Gasteiger partial charge in [0, 0.05) is 12.6 Å². The Labute approximate surface area is 104 Å². The quantitative estimate of drug-likeness (QED) is 0.691. The van der Waals surface area contributed by atoms with Crippen LogP contribution in [-0.4, -0.2) is 21.5 Å². The number of hydrogen-bond acceptors (Lipinski definition) is 5. The molecule has 1 amide bonds. The van der Waals surface area contributed by atoms with Crippen molar-refractivity contribution in [2.24, 2.45) is 0 Å². The molecule has 0 aliphatic heterocycles. The zero-order valence-corrected chi connectivity index (χ0v) is 9.50. The summed E-state index contributed by atoms with van der Waals surface area (Å²) in [6, 6.07) is 8.56. The molecule has 0 spiro atoms. The predicted molar refractivity (Wildman–Crippen MR) is 67.2 cm³/mol. The molecule has 1 aromatic heterocycles. The van der Waals surface area contributed by atoms with Gasteiger partial charge in [-0.3, -0.25) is 4.79 Å². The maximum atomic E-state index is 10.3. The SMILES string of the molecule is O=CNc1cc(NCc2cccc(O)c2)ncn1. The smallest absolute Gasteiger partial charge is 0.212 e. The first-order chi connectivity index (χ1) is 8.78. The second kappa shape index (κ2) is 5.62. The number of benzene rings is 1. The van der Waals surface area contributed by atoms with E-state index in [2.05, 4.69) is 20.6 Å². The minimum absolute atomic E-state index is 0.222. The van der Waals surface area contributed by atoms with Crippen molar-refractivity contribution in [2.75, 3.05) is 10.6 Å². The normalized spacial score (nSPS) is 9.78. The fourth-order valence-corrected chi connectivity index (χ4v) is 1.45. The topological polar surface area (TPSA) is 87.1 Å². The van der Waals surface area contributed by atoms with E-state index in [0.717, 1.165) is 5.56 Å². The highest BCUT2D eigenvalue weighted by molar-refractivity contribution is 5.69. The molecule has 6 nitrogen and oxygen atoms in total. The number of aromatic nitrogens is 2. The molecule has 2 rings (SSSR count).